The summed E-state index contributed by atoms with van der Waals surface area (Å²) < 4.78 is 3.34. The molecule has 7 N–H and O–H groups in total. The number of nitrogens with zero attached hydrogens (tertiary/aromatic N) is 7. The molecule has 3 aromatic heterocycles. The predicted molar refractivity (Wildman–Crippen MR) is 155 cm³/mol. The molecule has 2 aliphatic rings. The van der Waals surface area contributed by atoms with Crippen LogP contribution in [0, 0.1) is 0 Å². The first-order valence-electron chi connectivity index (χ1n) is 12.5. The number of thioether (sulfide) groups is 2. The van der Waals surface area contributed by atoms with Gasteiger partial charge in [0.05, 0.1) is 13.1 Å². The SMILES string of the molecule is CC[C@H](O/N=C(\C(=O)NC1C(=O)N2C(C(=O)O)=C(CSc3nc(N)cc4n3nc[n+]4C)CS[C@H]12)c1csc(N)n1)C(=O)O. The summed E-state index contributed by atoms with van der Waals surface area (Å²) in [6.45, 7) is 1.57. The highest BCUT2D eigenvalue weighted by Crippen LogP contribution is 2.41. The molecule has 0 radical (unpaired) electrons. The summed E-state index contributed by atoms with van der Waals surface area (Å²) in [6.07, 6.45) is 0.352. The van der Waals surface area contributed by atoms with E-state index in [4.69, 9.17) is 16.3 Å². The van der Waals surface area contributed by atoms with Crippen LogP contribution >= 0.6 is 34.9 Å². The van der Waals surface area contributed by atoms with Crippen LogP contribution in [0.3, 0.4) is 0 Å². The number of β-lactam (4-membered cyclic amide) rings is 1. The number of carbonyl (C=O) groups is 4. The van der Waals surface area contributed by atoms with Gasteiger partial charge in [-0.2, -0.15) is 4.98 Å². The summed E-state index contributed by atoms with van der Waals surface area (Å²) in [6, 6.07) is 0.579. The van der Waals surface area contributed by atoms with Gasteiger partial charge in [0.2, 0.25) is 6.10 Å². The summed E-state index contributed by atoms with van der Waals surface area (Å²) in [5, 5.41) is 31.2. The quantitative estimate of drug-likeness (QED) is 0.0430. The zero-order valence-corrected chi connectivity index (χ0v) is 25.0. The van der Waals surface area contributed by atoms with Crippen LogP contribution in [0.2, 0.25) is 0 Å². The van der Waals surface area contributed by atoms with Crippen molar-refractivity contribution in [3.8, 4) is 0 Å². The third kappa shape index (κ3) is 5.79. The Morgan fingerprint density at radius 2 is 2.09 bits per heavy atom. The topological polar surface area (TPSA) is 245 Å². The summed E-state index contributed by atoms with van der Waals surface area (Å²) >= 11 is 3.53. The number of aliphatic carboxylic acids is 2. The van der Waals surface area contributed by atoms with E-state index in [0.29, 0.717) is 16.4 Å². The average Bonchev–Trinajstić information content (AvgIpc) is 3.56. The van der Waals surface area contributed by atoms with Crippen LogP contribution in [-0.2, 0) is 31.1 Å². The third-order valence-corrected chi connectivity index (χ3v) is 9.44. The molecule has 226 valence electrons. The molecule has 43 heavy (non-hydrogen) atoms. The van der Waals surface area contributed by atoms with Crippen LogP contribution in [0.25, 0.3) is 5.65 Å². The van der Waals surface area contributed by atoms with E-state index in [1.165, 1.54) is 28.9 Å². The van der Waals surface area contributed by atoms with E-state index in [2.05, 4.69) is 25.5 Å². The van der Waals surface area contributed by atoms with Gasteiger partial charge in [-0.15, -0.1) is 23.1 Å². The number of oxime groups is 1. The Morgan fingerprint density at radius 3 is 2.74 bits per heavy atom. The summed E-state index contributed by atoms with van der Waals surface area (Å²) in [5.74, 6) is -3.34. The van der Waals surface area contributed by atoms with Gasteiger partial charge in [-0.3, -0.25) is 14.5 Å². The van der Waals surface area contributed by atoms with Crippen molar-refractivity contribution in [3.05, 3.63) is 34.7 Å². The number of aromatic nitrogens is 5. The number of carbonyl (C=O) groups excluding carboxylic acids is 2. The van der Waals surface area contributed by atoms with Crippen molar-refractivity contribution in [1.82, 2.24) is 29.8 Å². The fourth-order valence-corrected chi connectivity index (χ4v) is 7.29. The van der Waals surface area contributed by atoms with Gasteiger partial charge in [-0.25, -0.2) is 19.1 Å². The molecule has 5 heterocycles. The summed E-state index contributed by atoms with van der Waals surface area (Å²) in [4.78, 5) is 64.7. The van der Waals surface area contributed by atoms with Crippen molar-refractivity contribution in [1.29, 1.82) is 0 Å². The number of amides is 2. The number of nitrogens with two attached hydrogens (primary N) is 2. The lowest BCUT2D eigenvalue weighted by molar-refractivity contribution is -0.646. The van der Waals surface area contributed by atoms with E-state index >= 15 is 0 Å². The molecular weight excluding hydrogens is 625 g/mol. The average molecular weight is 650 g/mol. The molecule has 1 saturated heterocycles. The number of nitrogens with one attached hydrogen (secondary N) is 1. The number of aryl methyl sites for hydroxylation is 1. The normalized spacial score (nSPS) is 19.2. The van der Waals surface area contributed by atoms with E-state index < -0.39 is 41.3 Å². The van der Waals surface area contributed by atoms with Crippen molar-refractivity contribution >= 4 is 80.9 Å². The number of fused-ring (bicyclic) bond motifs is 2. The molecule has 0 spiro atoms. The number of anilines is 2. The van der Waals surface area contributed by atoms with Gasteiger partial charge < -0.3 is 31.8 Å². The van der Waals surface area contributed by atoms with Crippen LogP contribution in [0.1, 0.15) is 19.0 Å². The highest BCUT2D eigenvalue weighted by Gasteiger charge is 2.54. The van der Waals surface area contributed by atoms with Crippen molar-refractivity contribution in [3.63, 3.8) is 0 Å². The van der Waals surface area contributed by atoms with E-state index in [0.717, 1.165) is 16.2 Å². The zero-order valence-electron chi connectivity index (χ0n) is 22.5. The smallest absolute Gasteiger partial charge is 0.352 e. The number of carboxylic acids is 2. The van der Waals surface area contributed by atoms with Crippen molar-refractivity contribution in [2.24, 2.45) is 12.2 Å². The van der Waals surface area contributed by atoms with Gasteiger partial charge in [0.15, 0.2) is 10.8 Å². The maximum atomic E-state index is 13.2. The Bertz CT molecular complexity index is 1700. The van der Waals surface area contributed by atoms with E-state index in [1.807, 2.05) is 0 Å². The largest absolute Gasteiger partial charge is 0.478 e. The van der Waals surface area contributed by atoms with Crippen LogP contribution in [0.4, 0.5) is 10.9 Å². The predicted octanol–water partition coefficient (Wildman–Crippen LogP) is -0.710. The number of nitrogen functional groups attached to an aromatic ring is 2. The molecule has 17 nitrogen and oxygen atoms in total. The molecule has 1 fully saturated rings. The minimum Gasteiger partial charge on any atom is -0.478 e. The van der Waals surface area contributed by atoms with Crippen molar-refractivity contribution in [2.45, 2.75) is 36.0 Å². The first-order chi connectivity index (χ1) is 20.5. The maximum absolute atomic E-state index is 13.2. The molecule has 0 bridgehead atoms. The Balaban J connectivity index is 1.34. The lowest BCUT2D eigenvalue weighted by Gasteiger charge is -2.49. The van der Waals surface area contributed by atoms with E-state index in [9.17, 15) is 29.4 Å². The van der Waals surface area contributed by atoms with Gasteiger partial charge >= 0.3 is 11.9 Å². The molecule has 0 saturated carbocycles. The van der Waals surface area contributed by atoms with Crippen molar-refractivity contribution in [2.75, 3.05) is 23.0 Å². The zero-order chi connectivity index (χ0) is 31.0. The number of thiazole rings is 1. The minimum absolute atomic E-state index is 0.0284. The lowest BCUT2D eigenvalue weighted by atomic mass is 10.0. The van der Waals surface area contributed by atoms with Crippen LogP contribution in [-0.4, -0.2) is 93.2 Å². The summed E-state index contributed by atoms with van der Waals surface area (Å²) in [7, 11) is 1.80. The van der Waals surface area contributed by atoms with E-state index in [-0.39, 0.29) is 46.0 Å². The second kappa shape index (κ2) is 12.1. The molecule has 2 amide bonds. The van der Waals surface area contributed by atoms with E-state index in [1.54, 1.807) is 35.4 Å². The second-order valence-electron chi connectivity index (χ2n) is 9.23. The lowest BCUT2D eigenvalue weighted by Crippen LogP contribution is -2.71. The number of rotatable bonds is 11. The monoisotopic (exact) mass is 649 g/mol. The molecule has 0 aliphatic carbocycles. The first-order valence-corrected chi connectivity index (χ1v) is 15.4. The maximum Gasteiger partial charge on any atom is 0.352 e. The van der Waals surface area contributed by atoms with Gasteiger partial charge in [0, 0.05) is 22.0 Å². The van der Waals surface area contributed by atoms with Gasteiger partial charge in [-0.1, -0.05) is 23.8 Å². The number of hydrogen-bond donors (Lipinski definition) is 5. The van der Waals surface area contributed by atoms with Crippen molar-refractivity contribution < 1.29 is 38.8 Å². The standard InChI is InChI=1S/C23H24N10O7S3/c1-3-11(20(36)37)40-30-14(10-7-42-22(25)27-10)17(34)29-15-18(35)32-16(21(38)39)9(5-41-19(15)32)6-43-23-28-12(24)4-13-31(2)8-26-33(13)23/h4,7-8,11,15,19,24H,3,5-6H2,1-2H3,(H5,25,27,29,34,36,37,38,39)/p+1/b30-14-/t11-,15?,19+/m0/s1. The molecule has 2 aliphatic heterocycles. The highest BCUT2D eigenvalue weighted by atomic mass is 32.2. The molecule has 3 atom stereocenters. The number of carboxylic acid groups (broad SMARTS) is 2. The molecule has 3 aromatic rings. The second-order valence-corrected chi connectivity index (χ2v) is 12.2. The van der Waals surface area contributed by atoms with Crippen LogP contribution in [0.15, 0.2) is 39.4 Å². The molecular formula is C23H25N10O7S3+. The first kappa shape index (κ1) is 30.0. The fourth-order valence-electron chi connectivity index (χ4n) is 4.29. The van der Waals surface area contributed by atoms with Crippen LogP contribution < -0.4 is 21.4 Å². The summed E-state index contributed by atoms with van der Waals surface area (Å²) in [5.41, 5.74) is 12.3. The van der Waals surface area contributed by atoms with Gasteiger partial charge in [0.1, 0.15) is 28.6 Å². The Morgan fingerprint density at radius 1 is 1.33 bits per heavy atom. The Kier molecular flexibility index (Phi) is 8.42. The number of hydrogen-bond acceptors (Lipinski definition) is 14. The molecule has 5 rings (SSSR count). The Hall–Kier alpha value is -4.43. The minimum atomic E-state index is -1.32. The van der Waals surface area contributed by atoms with Gasteiger partial charge in [-0.05, 0) is 16.5 Å². The van der Waals surface area contributed by atoms with Gasteiger partial charge in [0.25, 0.3) is 28.9 Å². The fraction of sp³-hybridized carbons (Fsp3) is 0.348. The molecule has 20 heteroatoms. The highest BCUT2D eigenvalue weighted by molar-refractivity contribution is 8.01. The third-order valence-electron chi connectivity index (χ3n) is 6.41. The Labute approximate surface area is 255 Å². The molecule has 1 unspecified atom stereocenters. The van der Waals surface area contributed by atoms with Crippen LogP contribution in [0.5, 0.6) is 0 Å². The molecule has 0 aromatic carbocycles.